The summed E-state index contributed by atoms with van der Waals surface area (Å²) in [4.78, 5) is 11.4. The van der Waals surface area contributed by atoms with Crippen molar-refractivity contribution in [2.24, 2.45) is 0 Å². The molecule has 0 aliphatic heterocycles. The van der Waals surface area contributed by atoms with Crippen LogP contribution in [-0.2, 0) is 4.79 Å². The monoisotopic (exact) mass is 373 g/mol. The van der Waals surface area contributed by atoms with E-state index in [1.54, 1.807) is 0 Å². The van der Waals surface area contributed by atoms with E-state index in [1.807, 2.05) is 0 Å². The van der Waals surface area contributed by atoms with E-state index in [9.17, 15) is 15.0 Å². The van der Waals surface area contributed by atoms with Crippen molar-refractivity contribution in [1.29, 1.82) is 0 Å². The molecule has 0 fully saturated rings. The second kappa shape index (κ2) is 19.1. The molecule has 0 rings (SSSR count). The first-order chi connectivity index (χ1) is 12.7. The fourth-order valence-corrected chi connectivity index (χ4v) is 3.22. The van der Waals surface area contributed by atoms with E-state index in [2.05, 4.69) is 12.2 Å². The lowest BCUT2D eigenvalue weighted by Crippen LogP contribution is -2.46. The van der Waals surface area contributed by atoms with E-state index in [-0.39, 0.29) is 25.5 Å². The molecule has 156 valence electrons. The number of carbonyl (C=O) groups excluding carboxylic acids is 1. The van der Waals surface area contributed by atoms with Gasteiger partial charge in [0.25, 0.3) is 0 Å². The number of aliphatic hydroxyl groups is 3. The van der Waals surface area contributed by atoms with Crippen molar-refractivity contribution in [3.63, 3.8) is 0 Å². The Kier molecular flexibility index (Phi) is 18.6. The lowest BCUT2D eigenvalue weighted by molar-refractivity contribution is -0.123. The van der Waals surface area contributed by atoms with Gasteiger partial charge >= 0.3 is 0 Å². The number of rotatable bonds is 19. The number of carbonyl (C=O) groups is 1. The molecule has 0 aromatic heterocycles. The van der Waals surface area contributed by atoms with Crippen LogP contribution in [0.4, 0.5) is 0 Å². The minimum Gasteiger partial charge on any atom is -0.396 e. The second-order valence-corrected chi connectivity index (χ2v) is 7.43. The van der Waals surface area contributed by atoms with Gasteiger partial charge in [0.1, 0.15) is 0 Å². The van der Waals surface area contributed by atoms with E-state index < -0.39 is 12.1 Å². The summed E-state index contributed by atoms with van der Waals surface area (Å²) in [5, 5.41) is 30.6. The normalized spacial score (nSPS) is 13.5. The summed E-state index contributed by atoms with van der Waals surface area (Å²) in [5.74, 6) is -0.337. The van der Waals surface area contributed by atoms with Crippen LogP contribution in [0.3, 0.4) is 0 Å². The van der Waals surface area contributed by atoms with E-state index >= 15 is 0 Å². The third kappa shape index (κ3) is 15.6. The van der Waals surface area contributed by atoms with Gasteiger partial charge in [-0.05, 0) is 6.42 Å². The van der Waals surface area contributed by atoms with Gasteiger partial charge in [-0.1, -0.05) is 90.4 Å². The molecular weight excluding hydrogens is 330 g/mol. The van der Waals surface area contributed by atoms with Crippen LogP contribution in [0.1, 0.15) is 103 Å². The van der Waals surface area contributed by atoms with E-state index in [4.69, 9.17) is 5.11 Å². The first-order valence-corrected chi connectivity index (χ1v) is 10.8. The summed E-state index contributed by atoms with van der Waals surface area (Å²) in [6.45, 7) is 1.75. The average molecular weight is 374 g/mol. The van der Waals surface area contributed by atoms with Crippen LogP contribution in [0, 0.1) is 0 Å². The average Bonchev–Trinajstić information content (AvgIpc) is 2.63. The van der Waals surface area contributed by atoms with Crippen LogP contribution < -0.4 is 5.32 Å². The smallest absolute Gasteiger partial charge is 0.222 e. The number of hydrogen-bond acceptors (Lipinski definition) is 4. The zero-order chi connectivity index (χ0) is 19.5. The Bertz CT molecular complexity index is 312. The summed E-state index contributed by atoms with van der Waals surface area (Å²) in [6, 6.07) is -0.633. The summed E-state index contributed by atoms with van der Waals surface area (Å²) in [6.07, 6.45) is 16.5. The molecule has 1 amide bonds. The Hall–Kier alpha value is -0.650. The van der Waals surface area contributed by atoms with Gasteiger partial charge in [-0.3, -0.25) is 4.79 Å². The van der Waals surface area contributed by atoms with Gasteiger partial charge in [0.15, 0.2) is 0 Å². The third-order valence-electron chi connectivity index (χ3n) is 4.95. The minimum atomic E-state index is -0.727. The second-order valence-electron chi connectivity index (χ2n) is 7.43. The predicted molar refractivity (Wildman–Crippen MR) is 107 cm³/mol. The summed E-state index contributed by atoms with van der Waals surface area (Å²) in [5.41, 5.74) is 0. The number of amides is 1. The highest BCUT2D eigenvalue weighted by atomic mass is 16.3. The molecule has 4 N–H and O–H groups in total. The molecule has 0 unspecified atom stereocenters. The van der Waals surface area contributed by atoms with Crippen LogP contribution in [0.2, 0.25) is 0 Å². The zero-order valence-electron chi connectivity index (χ0n) is 16.9. The van der Waals surface area contributed by atoms with Crippen molar-refractivity contribution in [3.05, 3.63) is 0 Å². The highest BCUT2D eigenvalue weighted by Gasteiger charge is 2.19. The largest absolute Gasteiger partial charge is 0.396 e. The van der Waals surface area contributed by atoms with Crippen molar-refractivity contribution in [3.8, 4) is 0 Å². The molecule has 0 aliphatic rings. The van der Waals surface area contributed by atoms with Crippen LogP contribution in [0.25, 0.3) is 0 Å². The van der Waals surface area contributed by atoms with Crippen molar-refractivity contribution in [1.82, 2.24) is 5.32 Å². The molecule has 0 saturated heterocycles. The van der Waals surface area contributed by atoms with Gasteiger partial charge in [0.05, 0.1) is 25.4 Å². The van der Waals surface area contributed by atoms with Gasteiger partial charge in [-0.25, -0.2) is 0 Å². The van der Waals surface area contributed by atoms with Crippen LogP contribution in [-0.4, -0.2) is 46.6 Å². The van der Waals surface area contributed by atoms with Crippen LogP contribution >= 0.6 is 0 Å². The Morgan fingerprint density at radius 1 is 0.808 bits per heavy atom. The molecule has 0 radical (unpaired) electrons. The molecular formula is C21H43NO4. The quantitative estimate of drug-likeness (QED) is 0.260. The molecule has 5 heteroatoms. The Morgan fingerprint density at radius 2 is 1.27 bits per heavy atom. The molecule has 5 nitrogen and oxygen atoms in total. The van der Waals surface area contributed by atoms with Gasteiger partial charge in [-0.2, -0.15) is 0 Å². The summed E-state index contributed by atoms with van der Waals surface area (Å²) < 4.78 is 0. The minimum absolute atomic E-state index is 0.00194. The van der Waals surface area contributed by atoms with Crippen LogP contribution in [0.15, 0.2) is 0 Å². The number of aliphatic hydroxyl groups excluding tert-OH is 3. The maximum absolute atomic E-state index is 11.4. The van der Waals surface area contributed by atoms with Crippen LogP contribution in [0.5, 0.6) is 0 Å². The molecule has 0 heterocycles. The lowest BCUT2D eigenvalue weighted by atomic mass is 10.0. The summed E-state index contributed by atoms with van der Waals surface area (Å²) in [7, 11) is 0. The fourth-order valence-electron chi connectivity index (χ4n) is 3.22. The maximum atomic E-state index is 11.4. The van der Waals surface area contributed by atoms with Gasteiger partial charge in [0.2, 0.25) is 5.91 Å². The fraction of sp³-hybridized carbons (Fsp3) is 0.952. The van der Waals surface area contributed by atoms with E-state index in [0.29, 0.717) is 6.42 Å². The first-order valence-electron chi connectivity index (χ1n) is 10.8. The number of hydrogen-bond donors (Lipinski definition) is 4. The standard InChI is InChI=1S/C21H43NO4/c1-2-3-4-5-6-7-8-9-10-11-12-13-14-15-20(25)19(18-24)22-21(26)16-17-23/h19-20,23-25H,2-18H2,1H3,(H,22,26)/t19-,20+/m0/s1. The number of nitrogens with one attached hydrogen (secondary N) is 1. The van der Waals surface area contributed by atoms with Crippen molar-refractivity contribution in [2.45, 2.75) is 115 Å². The third-order valence-corrected chi connectivity index (χ3v) is 4.95. The zero-order valence-corrected chi connectivity index (χ0v) is 16.9. The van der Waals surface area contributed by atoms with Crippen molar-refractivity contribution in [2.75, 3.05) is 13.2 Å². The molecule has 0 aromatic rings. The number of unbranched alkanes of at least 4 members (excludes halogenated alkanes) is 12. The summed E-state index contributed by atoms with van der Waals surface area (Å²) >= 11 is 0. The van der Waals surface area contributed by atoms with Gasteiger partial charge in [0, 0.05) is 6.42 Å². The first kappa shape index (κ1) is 25.4. The molecule has 26 heavy (non-hydrogen) atoms. The topological polar surface area (TPSA) is 89.8 Å². The Labute approximate surface area is 160 Å². The molecule has 0 saturated carbocycles. The molecule has 0 aromatic carbocycles. The van der Waals surface area contributed by atoms with Crippen molar-refractivity contribution >= 4 is 5.91 Å². The molecule has 2 atom stereocenters. The highest BCUT2D eigenvalue weighted by Crippen LogP contribution is 2.14. The highest BCUT2D eigenvalue weighted by molar-refractivity contribution is 5.76. The predicted octanol–water partition coefficient (Wildman–Crippen LogP) is 3.69. The Morgan fingerprint density at radius 3 is 1.69 bits per heavy atom. The molecule has 0 spiro atoms. The molecule has 0 aliphatic carbocycles. The maximum Gasteiger partial charge on any atom is 0.222 e. The lowest BCUT2D eigenvalue weighted by Gasteiger charge is -2.22. The van der Waals surface area contributed by atoms with E-state index in [0.717, 1.165) is 12.8 Å². The van der Waals surface area contributed by atoms with E-state index in [1.165, 1.54) is 70.6 Å². The van der Waals surface area contributed by atoms with Crippen molar-refractivity contribution < 1.29 is 20.1 Å². The van der Waals surface area contributed by atoms with Gasteiger partial charge < -0.3 is 20.6 Å². The molecule has 0 bridgehead atoms. The SMILES string of the molecule is CCCCCCCCCCCCCCC[C@@H](O)[C@H](CO)NC(=O)CCO. The van der Waals surface area contributed by atoms with Gasteiger partial charge in [-0.15, -0.1) is 0 Å². The Balaban J connectivity index is 3.46.